The average Bonchev–Trinajstić information content (AvgIpc) is 3.36. The summed E-state index contributed by atoms with van der Waals surface area (Å²) in [7, 11) is 1.84. The van der Waals surface area contributed by atoms with Crippen molar-refractivity contribution in [3.63, 3.8) is 0 Å². The van der Waals surface area contributed by atoms with Gasteiger partial charge in [-0.15, -0.1) is 4.40 Å². The summed E-state index contributed by atoms with van der Waals surface area (Å²) in [4.78, 5) is 17.2. The van der Waals surface area contributed by atoms with Crippen molar-refractivity contribution in [2.24, 2.45) is 4.40 Å². The predicted octanol–water partition coefficient (Wildman–Crippen LogP) is 2.03. The van der Waals surface area contributed by atoms with Gasteiger partial charge in [-0.3, -0.25) is 4.79 Å². The Morgan fingerprint density at radius 2 is 2.03 bits per heavy atom. The molecule has 170 valence electrons. The third-order valence-corrected chi connectivity index (χ3v) is 7.34. The molecule has 2 heterocycles. The van der Waals surface area contributed by atoms with E-state index in [9.17, 15) is 13.2 Å². The van der Waals surface area contributed by atoms with Crippen molar-refractivity contribution in [3.05, 3.63) is 59.7 Å². The van der Waals surface area contributed by atoms with Gasteiger partial charge in [-0.25, -0.2) is 0 Å². The number of ether oxygens (including phenoxy) is 1. The SMILES string of the molecule is COc1cccc(C(CNC(=O)[C@@H]2CCCN2C2=NS(=O)(=O)c3ccccc32)N(C)C)c1. The highest BCUT2D eigenvalue weighted by Gasteiger charge is 2.39. The Bertz CT molecular complexity index is 1150. The highest BCUT2D eigenvalue weighted by molar-refractivity contribution is 7.90. The van der Waals surface area contributed by atoms with Crippen molar-refractivity contribution in [1.82, 2.24) is 15.1 Å². The van der Waals surface area contributed by atoms with E-state index in [1.807, 2.05) is 48.2 Å². The fourth-order valence-electron chi connectivity index (χ4n) is 4.35. The molecule has 2 aromatic rings. The standard InChI is InChI=1S/C23H28N4O4S/c1-26(2)20(16-8-6-9-17(14-16)31-3)15-24-23(28)19-11-7-13-27(19)22-18-10-4-5-12-21(18)32(29,30)25-22/h4-6,8-10,12,14,19-20H,7,11,13,15H2,1-3H3,(H,24,28)/t19-,20?/m0/s1. The summed E-state index contributed by atoms with van der Waals surface area (Å²) < 4.78 is 34.3. The molecule has 0 aliphatic carbocycles. The van der Waals surface area contributed by atoms with Crippen LogP contribution in [0.4, 0.5) is 0 Å². The molecule has 8 nitrogen and oxygen atoms in total. The number of nitrogens with zero attached hydrogens (tertiary/aromatic N) is 3. The molecular weight excluding hydrogens is 428 g/mol. The molecule has 2 aliphatic heterocycles. The maximum absolute atomic E-state index is 13.2. The van der Waals surface area contributed by atoms with E-state index >= 15 is 0 Å². The molecule has 0 spiro atoms. The Morgan fingerprint density at radius 3 is 2.78 bits per heavy atom. The lowest BCUT2D eigenvalue weighted by atomic mass is 10.1. The molecule has 2 aromatic carbocycles. The Kier molecular flexibility index (Phi) is 6.21. The Hall–Kier alpha value is -2.91. The van der Waals surface area contributed by atoms with Crippen molar-refractivity contribution in [2.75, 3.05) is 34.3 Å². The second-order valence-electron chi connectivity index (χ2n) is 8.24. The molecule has 1 amide bonds. The maximum atomic E-state index is 13.2. The first-order valence-corrected chi connectivity index (χ1v) is 12.0. The van der Waals surface area contributed by atoms with Crippen molar-refractivity contribution >= 4 is 21.8 Å². The summed E-state index contributed by atoms with van der Waals surface area (Å²) in [5.41, 5.74) is 1.60. The van der Waals surface area contributed by atoms with Crippen LogP contribution in [-0.4, -0.2) is 70.3 Å². The zero-order valence-electron chi connectivity index (χ0n) is 18.5. The zero-order chi connectivity index (χ0) is 22.9. The fraction of sp³-hybridized carbons (Fsp3) is 0.391. The van der Waals surface area contributed by atoms with Crippen LogP contribution in [0.2, 0.25) is 0 Å². The van der Waals surface area contributed by atoms with Gasteiger partial charge in [0.15, 0.2) is 5.84 Å². The number of amides is 1. The van der Waals surface area contributed by atoms with Crippen LogP contribution in [0, 0.1) is 0 Å². The summed E-state index contributed by atoms with van der Waals surface area (Å²) in [5.74, 6) is 1.01. The van der Waals surface area contributed by atoms with E-state index in [1.54, 1.807) is 31.4 Å². The van der Waals surface area contributed by atoms with Crippen LogP contribution in [0.25, 0.3) is 0 Å². The topological polar surface area (TPSA) is 91.3 Å². The highest BCUT2D eigenvalue weighted by Crippen LogP contribution is 2.31. The number of nitrogens with one attached hydrogen (secondary N) is 1. The van der Waals surface area contributed by atoms with E-state index < -0.39 is 16.1 Å². The van der Waals surface area contributed by atoms with Gasteiger partial charge < -0.3 is 19.9 Å². The zero-order valence-corrected chi connectivity index (χ0v) is 19.3. The minimum absolute atomic E-state index is 0.0335. The third kappa shape index (κ3) is 4.22. The molecule has 0 saturated carbocycles. The average molecular weight is 457 g/mol. The monoisotopic (exact) mass is 456 g/mol. The van der Waals surface area contributed by atoms with Crippen molar-refractivity contribution in [2.45, 2.75) is 29.8 Å². The van der Waals surface area contributed by atoms with Crippen LogP contribution < -0.4 is 10.1 Å². The number of likely N-dealkylation sites (tertiary alicyclic amines) is 1. The molecule has 1 fully saturated rings. The molecule has 32 heavy (non-hydrogen) atoms. The number of hydrogen-bond acceptors (Lipinski definition) is 6. The van der Waals surface area contributed by atoms with Crippen LogP contribution >= 0.6 is 0 Å². The van der Waals surface area contributed by atoms with Gasteiger partial charge in [0, 0.05) is 18.7 Å². The summed E-state index contributed by atoms with van der Waals surface area (Å²) in [6, 6.07) is 14.1. The van der Waals surface area contributed by atoms with Crippen LogP contribution in [0.3, 0.4) is 0 Å². The van der Waals surface area contributed by atoms with E-state index in [0.717, 1.165) is 17.7 Å². The number of amidine groups is 1. The molecule has 2 aliphatic rings. The van der Waals surface area contributed by atoms with Crippen LogP contribution in [0.15, 0.2) is 57.8 Å². The van der Waals surface area contributed by atoms with Gasteiger partial charge in [0.25, 0.3) is 10.0 Å². The first kappa shape index (κ1) is 22.3. The third-order valence-electron chi connectivity index (χ3n) is 6.01. The molecule has 0 radical (unpaired) electrons. The molecule has 0 aromatic heterocycles. The van der Waals surface area contributed by atoms with Crippen LogP contribution in [0.1, 0.15) is 30.0 Å². The molecule has 1 unspecified atom stereocenters. The summed E-state index contributed by atoms with van der Waals surface area (Å²) in [5, 5.41) is 3.07. The van der Waals surface area contributed by atoms with E-state index in [4.69, 9.17) is 4.74 Å². The van der Waals surface area contributed by atoms with Crippen LogP contribution in [0.5, 0.6) is 5.75 Å². The fourth-order valence-corrected chi connectivity index (χ4v) is 5.57. The van der Waals surface area contributed by atoms with E-state index in [2.05, 4.69) is 9.71 Å². The van der Waals surface area contributed by atoms with Gasteiger partial charge in [-0.2, -0.15) is 8.42 Å². The number of rotatable bonds is 6. The summed E-state index contributed by atoms with van der Waals surface area (Å²) in [6.45, 7) is 1.01. The Morgan fingerprint density at radius 1 is 1.25 bits per heavy atom. The highest BCUT2D eigenvalue weighted by atomic mass is 32.2. The molecular formula is C23H28N4O4S. The van der Waals surface area contributed by atoms with Crippen molar-refractivity contribution < 1.29 is 17.9 Å². The normalized spacial score (nSPS) is 20.1. The van der Waals surface area contributed by atoms with E-state index in [-0.39, 0.29) is 16.8 Å². The van der Waals surface area contributed by atoms with Gasteiger partial charge in [0.2, 0.25) is 5.91 Å². The molecule has 1 saturated heterocycles. The molecule has 2 atom stereocenters. The van der Waals surface area contributed by atoms with Crippen molar-refractivity contribution in [3.8, 4) is 5.75 Å². The number of sulfonamides is 1. The number of hydrogen-bond donors (Lipinski definition) is 1. The first-order chi connectivity index (χ1) is 15.3. The number of benzene rings is 2. The molecule has 4 rings (SSSR count). The van der Waals surface area contributed by atoms with E-state index in [0.29, 0.717) is 30.9 Å². The molecule has 1 N–H and O–H groups in total. The Labute approximate surface area is 188 Å². The minimum atomic E-state index is -3.72. The lowest BCUT2D eigenvalue weighted by Gasteiger charge is -2.29. The lowest BCUT2D eigenvalue weighted by Crippen LogP contribution is -2.47. The van der Waals surface area contributed by atoms with Gasteiger partial charge in [-0.1, -0.05) is 24.3 Å². The number of fused-ring (bicyclic) bond motifs is 1. The largest absolute Gasteiger partial charge is 0.497 e. The number of methoxy groups -OCH3 is 1. The first-order valence-electron chi connectivity index (χ1n) is 10.6. The number of carbonyl (C=O) groups excluding carboxylic acids is 1. The van der Waals surface area contributed by atoms with Gasteiger partial charge in [0.1, 0.15) is 16.7 Å². The smallest absolute Gasteiger partial charge is 0.285 e. The second kappa shape index (κ2) is 8.91. The van der Waals surface area contributed by atoms with Gasteiger partial charge in [-0.05, 0) is 56.8 Å². The Balaban J connectivity index is 1.51. The lowest BCUT2D eigenvalue weighted by molar-refractivity contribution is -0.124. The van der Waals surface area contributed by atoms with Crippen LogP contribution in [-0.2, 0) is 14.8 Å². The van der Waals surface area contributed by atoms with Crippen molar-refractivity contribution in [1.29, 1.82) is 0 Å². The number of carbonyl (C=O) groups is 1. The quantitative estimate of drug-likeness (QED) is 0.715. The molecule has 9 heteroatoms. The second-order valence-corrected chi connectivity index (χ2v) is 9.81. The van der Waals surface area contributed by atoms with E-state index in [1.165, 1.54) is 0 Å². The summed E-state index contributed by atoms with van der Waals surface area (Å²) in [6.07, 6.45) is 1.45. The summed E-state index contributed by atoms with van der Waals surface area (Å²) >= 11 is 0. The van der Waals surface area contributed by atoms with Gasteiger partial charge >= 0.3 is 0 Å². The maximum Gasteiger partial charge on any atom is 0.285 e. The number of likely N-dealkylation sites (N-methyl/N-ethyl adjacent to an activating group) is 1. The minimum Gasteiger partial charge on any atom is -0.497 e. The molecule has 0 bridgehead atoms. The predicted molar refractivity (Wildman–Crippen MR) is 122 cm³/mol. The van der Waals surface area contributed by atoms with Gasteiger partial charge in [0.05, 0.1) is 13.2 Å².